The predicted molar refractivity (Wildman–Crippen MR) is 157 cm³/mol. The van der Waals surface area contributed by atoms with E-state index in [9.17, 15) is 4.79 Å². The molecule has 0 aromatic heterocycles. The van der Waals surface area contributed by atoms with Crippen molar-refractivity contribution in [3.63, 3.8) is 0 Å². The van der Waals surface area contributed by atoms with Gasteiger partial charge in [0.15, 0.2) is 0 Å². The van der Waals surface area contributed by atoms with Crippen molar-refractivity contribution >= 4 is 5.91 Å². The summed E-state index contributed by atoms with van der Waals surface area (Å²) in [5.74, 6) is 6.48. The van der Waals surface area contributed by atoms with Gasteiger partial charge in [0.2, 0.25) is 5.91 Å². The van der Waals surface area contributed by atoms with Crippen LogP contribution in [-0.2, 0) is 4.79 Å². The number of carbonyl (C=O) groups is 1. The normalized spacial score (nSPS) is 38.9. The van der Waals surface area contributed by atoms with E-state index in [1.165, 1.54) is 83.5 Å². The number of fused-ring (bicyclic) bond motifs is 5. The van der Waals surface area contributed by atoms with Crippen LogP contribution < -0.4 is 5.32 Å². The highest BCUT2D eigenvalue weighted by Gasteiger charge is 2.60. The first-order valence-corrected chi connectivity index (χ1v) is 16.6. The largest absolute Gasteiger partial charge is 0.356 e. The van der Waals surface area contributed by atoms with Crippen LogP contribution in [0.4, 0.5) is 0 Å². The van der Waals surface area contributed by atoms with E-state index in [4.69, 9.17) is 0 Å². The van der Waals surface area contributed by atoms with Gasteiger partial charge in [0, 0.05) is 13.0 Å². The van der Waals surface area contributed by atoms with Crippen LogP contribution in [0.3, 0.4) is 0 Å². The molecule has 37 heavy (non-hydrogen) atoms. The highest BCUT2D eigenvalue weighted by atomic mass is 16.1. The highest BCUT2D eigenvalue weighted by molar-refractivity contribution is 5.75. The monoisotopic (exact) mass is 514 g/mol. The molecule has 4 saturated carbocycles. The molecule has 5 unspecified atom stereocenters. The fraction of sp³-hybridized carbons (Fsp3) is 0.971. The quantitative estimate of drug-likeness (QED) is 0.284. The molecule has 1 N–H and O–H groups in total. The Morgan fingerprint density at radius 1 is 0.892 bits per heavy atom. The van der Waals surface area contributed by atoms with Crippen LogP contribution in [0.15, 0.2) is 0 Å². The van der Waals surface area contributed by atoms with Crippen molar-refractivity contribution < 1.29 is 4.79 Å². The summed E-state index contributed by atoms with van der Waals surface area (Å²) in [6.07, 6.45) is 21.5. The van der Waals surface area contributed by atoms with E-state index in [1.54, 1.807) is 0 Å². The third kappa shape index (κ3) is 6.44. The number of hydrogen-bond acceptors (Lipinski definition) is 2. The van der Waals surface area contributed by atoms with Gasteiger partial charge in [-0.3, -0.25) is 4.79 Å². The lowest BCUT2D eigenvalue weighted by Crippen LogP contribution is -2.53. The van der Waals surface area contributed by atoms with Crippen molar-refractivity contribution in [2.75, 3.05) is 27.2 Å². The first-order chi connectivity index (χ1) is 17.7. The van der Waals surface area contributed by atoms with E-state index in [1.807, 2.05) is 0 Å². The Hall–Kier alpha value is -0.570. The van der Waals surface area contributed by atoms with Crippen LogP contribution in [-0.4, -0.2) is 38.0 Å². The van der Waals surface area contributed by atoms with Gasteiger partial charge in [0.05, 0.1) is 0 Å². The van der Waals surface area contributed by atoms with Gasteiger partial charge >= 0.3 is 0 Å². The van der Waals surface area contributed by atoms with Crippen molar-refractivity contribution in [1.82, 2.24) is 10.2 Å². The maximum absolute atomic E-state index is 12.8. The van der Waals surface area contributed by atoms with Crippen molar-refractivity contribution in [3.8, 4) is 0 Å². The number of rotatable bonds is 12. The van der Waals surface area contributed by atoms with Gasteiger partial charge < -0.3 is 10.2 Å². The Morgan fingerprint density at radius 3 is 2.43 bits per heavy atom. The molecule has 4 rings (SSSR count). The Kier molecular flexibility index (Phi) is 10.1. The van der Waals surface area contributed by atoms with Crippen molar-refractivity contribution in [2.24, 2.45) is 52.3 Å². The molecule has 0 heterocycles. The topological polar surface area (TPSA) is 32.3 Å². The fourth-order valence-electron chi connectivity index (χ4n) is 10.6. The molecule has 4 aliphatic carbocycles. The SMILES string of the molecule is CCCC(CCNC(=O)CC[C@@H](C)[C@H]1CCC2C3CCC4CCCC[C@]4(C)C3CC[C@@]21C)CCN(C)C. The molecule has 0 saturated heterocycles. The fourth-order valence-corrected chi connectivity index (χ4v) is 10.6. The summed E-state index contributed by atoms with van der Waals surface area (Å²) < 4.78 is 0. The van der Waals surface area contributed by atoms with Gasteiger partial charge in [-0.05, 0) is 144 Å². The summed E-state index contributed by atoms with van der Waals surface area (Å²) in [6.45, 7) is 12.2. The third-order valence-corrected chi connectivity index (χ3v) is 12.7. The minimum atomic E-state index is 0.293. The zero-order valence-corrected chi connectivity index (χ0v) is 25.6. The summed E-state index contributed by atoms with van der Waals surface area (Å²) in [6, 6.07) is 0. The van der Waals surface area contributed by atoms with Crippen molar-refractivity contribution in [2.45, 2.75) is 130 Å². The Bertz CT molecular complexity index is 735. The van der Waals surface area contributed by atoms with E-state index in [0.717, 1.165) is 67.9 Å². The average molecular weight is 515 g/mol. The molecule has 214 valence electrons. The first-order valence-electron chi connectivity index (χ1n) is 16.6. The zero-order chi connectivity index (χ0) is 26.6. The maximum atomic E-state index is 12.8. The average Bonchev–Trinajstić information content (AvgIpc) is 3.22. The van der Waals surface area contributed by atoms with Gasteiger partial charge in [-0.15, -0.1) is 0 Å². The number of hydrogen-bond donors (Lipinski definition) is 1. The van der Waals surface area contributed by atoms with Gasteiger partial charge in [0.25, 0.3) is 0 Å². The van der Waals surface area contributed by atoms with E-state index in [-0.39, 0.29) is 0 Å². The van der Waals surface area contributed by atoms with E-state index < -0.39 is 0 Å². The lowest BCUT2D eigenvalue weighted by Gasteiger charge is -2.61. The molecule has 4 aliphatic rings. The number of nitrogens with zero attached hydrogens (tertiary/aromatic N) is 1. The lowest BCUT2D eigenvalue weighted by molar-refractivity contribution is -0.122. The van der Waals surface area contributed by atoms with Crippen LogP contribution in [0.1, 0.15) is 130 Å². The highest BCUT2D eigenvalue weighted by Crippen LogP contribution is 2.68. The smallest absolute Gasteiger partial charge is 0.220 e. The second kappa shape index (κ2) is 12.7. The molecule has 0 aromatic rings. The summed E-state index contributed by atoms with van der Waals surface area (Å²) in [4.78, 5) is 15.1. The molecule has 0 aliphatic heterocycles. The van der Waals surface area contributed by atoms with Crippen molar-refractivity contribution in [1.29, 1.82) is 0 Å². The molecule has 0 spiro atoms. The van der Waals surface area contributed by atoms with Gasteiger partial charge in [0.1, 0.15) is 0 Å². The number of amides is 1. The van der Waals surface area contributed by atoms with Crippen LogP contribution in [0.5, 0.6) is 0 Å². The minimum absolute atomic E-state index is 0.293. The Morgan fingerprint density at radius 2 is 1.68 bits per heavy atom. The van der Waals surface area contributed by atoms with E-state index in [0.29, 0.717) is 22.7 Å². The predicted octanol–water partition coefficient (Wildman–Crippen LogP) is 8.33. The molecule has 9 atom stereocenters. The molecule has 3 heteroatoms. The minimum Gasteiger partial charge on any atom is -0.356 e. The molecular weight excluding hydrogens is 452 g/mol. The molecule has 1 amide bonds. The third-order valence-electron chi connectivity index (χ3n) is 12.7. The van der Waals surface area contributed by atoms with Gasteiger partial charge in [-0.1, -0.05) is 53.4 Å². The molecule has 0 radical (unpaired) electrons. The second-order valence-corrected chi connectivity index (χ2v) is 15.0. The maximum Gasteiger partial charge on any atom is 0.220 e. The molecule has 0 aromatic carbocycles. The Balaban J connectivity index is 1.25. The standard InChI is InChI=1S/C34H62N2O/c1-7-10-26(20-24-36(5)6)19-23-35-32(37)17-12-25(2)29-15-16-30-28-14-13-27-11-8-9-21-33(27,3)31(28)18-22-34(29,30)4/h25-31H,7-24H2,1-6H3,(H,35,37)/t25-,26?,27?,28?,29-,30?,31?,33+,34-/m1/s1. The van der Waals surface area contributed by atoms with E-state index in [2.05, 4.69) is 52.0 Å². The van der Waals surface area contributed by atoms with Gasteiger partial charge in [-0.25, -0.2) is 0 Å². The lowest BCUT2D eigenvalue weighted by atomic mass is 9.44. The van der Waals surface area contributed by atoms with Gasteiger partial charge in [-0.2, -0.15) is 0 Å². The van der Waals surface area contributed by atoms with Crippen LogP contribution >= 0.6 is 0 Å². The molecule has 0 bridgehead atoms. The molecule has 3 nitrogen and oxygen atoms in total. The summed E-state index contributed by atoms with van der Waals surface area (Å²) in [7, 11) is 4.32. The number of nitrogens with one attached hydrogen (secondary N) is 1. The summed E-state index contributed by atoms with van der Waals surface area (Å²) in [5.41, 5.74) is 1.17. The van der Waals surface area contributed by atoms with Crippen LogP contribution in [0.2, 0.25) is 0 Å². The van der Waals surface area contributed by atoms with Crippen molar-refractivity contribution in [3.05, 3.63) is 0 Å². The summed E-state index contributed by atoms with van der Waals surface area (Å²) >= 11 is 0. The second-order valence-electron chi connectivity index (χ2n) is 15.0. The molecular formula is C34H62N2O. The molecule has 4 fully saturated rings. The van der Waals surface area contributed by atoms with E-state index >= 15 is 0 Å². The van der Waals surface area contributed by atoms with Crippen LogP contribution in [0, 0.1) is 52.3 Å². The zero-order valence-electron chi connectivity index (χ0n) is 25.6. The van der Waals surface area contributed by atoms with Crippen LogP contribution in [0.25, 0.3) is 0 Å². The summed E-state index contributed by atoms with van der Waals surface area (Å²) in [5, 5.41) is 3.29. The number of carbonyl (C=O) groups excluding carboxylic acids is 1. The first kappa shape index (κ1) is 29.4. The Labute approximate surface area is 230 Å².